The molecule has 2 aromatic carbocycles. The fourth-order valence-corrected chi connectivity index (χ4v) is 2.48. The monoisotopic (exact) mass is 344 g/mol. The van der Waals surface area contributed by atoms with E-state index in [-0.39, 0.29) is 18.2 Å². The van der Waals surface area contributed by atoms with Gasteiger partial charge in [0.15, 0.2) is 11.4 Å². The third-order valence-corrected chi connectivity index (χ3v) is 3.74. The summed E-state index contributed by atoms with van der Waals surface area (Å²) >= 11 is 5.85. The summed E-state index contributed by atoms with van der Waals surface area (Å²) in [6, 6.07) is 11.3. The van der Waals surface area contributed by atoms with Crippen molar-refractivity contribution in [1.82, 2.24) is 4.57 Å². The maximum Gasteiger partial charge on any atom is 0.420 e. The van der Waals surface area contributed by atoms with E-state index in [1.807, 2.05) is 0 Å². The van der Waals surface area contributed by atoms with Gasteiger partial charge in [-0.25, -0.2) is 4.79 Å². The normalized spacial score (nSPS) is 10.8. The molecule has 0 unspecified atom stereocenters. The molecule has 0 spiro atoms. The molecule has 24 heavy (non-hydrogen) atoms. The van der Waals surface area contributed by atoms with Crippen LogP contribution >= 0.6 is 11.6 Å². The lowest BCUT2D eigenvalue weighted by atomic mass is 10.1. The van der Waals surface area contributed by atoms with Crippen LogP contribution in [0.1, 0.15) is 17.3 Å². The SMILES string of the molecule is CC(=O)c1ccc(NC(=O)Cn2c(=O)oc3cc(Cl)ccc32)cc1. The van der Waals surface area contributed by atoms with Crippen molar-refractivity contribution in [3.05, 3.63) is 63.6 Å². The fraction of sp³-hybridized carbons (Fsp3) is 0.118. The number of anilines is 1. The Hall–Kier alpha value is -2.86. The Labute approximate surface area is 141 Å². The molecule has 0 saturated carbocycles. The number of benzene rings is 2. The Morgan fingerprint density at radius 2 is 1.88 bits per heavy atom. The number of carbonyl (C=O) groups is 2. The minimum atomic E-state index is -0.630. The minimum absolute atomic E-state index is 0.0528. The quantitative estimate of drug-likeness (QED) is 0.737. The second-order valence-electron chi connectivity index (χ2n) is 5.25. The van der Waals surface area contributed by atoms with E-state index in [0.29, 0.717) is 27.4 Å². The number of amides is 1. The lowest BCUT2D eigenvalue weighted by Gasteiger charge is -2.06. The predicted molar refractivity (Wildman–Crippen MR) is 90.6 cm³/mol. The largest absolute Gasteiger partial charge is 0.420 e. The number of ketones is 1. The van der Waals surface area contributed by atoms with E-state index in [2.05, 4.69) is 5.32 Å². The highest BCUT2D eigenvalue weighted by atomic mass is 35.5. The van der Waals surface area contributed by atoms with Gasteiger partial charge in [-0.1, -0.05) is 11.6 Å². The molecular formula is C17H13ClN2O4. The molecule has 0 aliphatic carbocycles. The van der Waals surface area contributed by atoms with Crippen molar-refractivity contribution in [2.45, 2.75) is 13.5 Å². The van der Waals surface area contributed by atoms with Gasteiger partial charge in [-0.05, 0) is 43.3 Å². The molecule has 6 nitrogen and oxygen atoms in total. The summed E-state index contributed by atoms with van der Waals surface area (Å²) in [6.45, 7) is 1.28. The molecule has 0 aliphatic heterocycles. The summed E-state index contributed by atoms with van der Waals surface area (Å²) in [6.07, 6.45) is 0. The first-order chi connectivity index (χ1) is 11.4. The molecule has 0 bridgehead atoms. The molecule has 3 rings (SSSR count). The summed E-state index contributed by atoms with van der Waals surface area (Å²) in [5, 5.41) is 3.11. The van der Waals surface area contributed by atoms with E-state index in [1.54, 1.807) is 36.4 Å². The number of aromatic nitrogens is 1. The number of rotatable bonds is 4. The Morgan fingerprint density at radius 1 is 1.17 bits per heavy atom. The smallest absolute Gasteiger partial charge is 0.408 e. The van der Waals surface area contributed by atoms with Crippen molar-refractivity contribution in [2.24, 2.45) is 0 Å². The van der Waals surface area contributed by atoms with Crippen molar-refractivity contribution in [3.63, 3.8) is 0 Å². The lowest BCUT2D eigenvalue weighted by molar-refractivity contribution is -0.116. The van der Waals surface area contributed by atoms with Gasteiger partial charge in [0.2, 0.25) is 5.91 Å². The van der Waals surface area contributed by atoms with Gasteiger partial charge in [-0.15, -0.1) is 0 Å². The average Bonchev–Trinajstić information content (AvgIpc) is 2.82. The van der Waals surface area contributed by atoms with Gasteiger partial charge in [0.25, 0.3) is 0 Å². The van der Waals surface area contributed by atoms with Crippen LogP contribution in [0.2, 0.25) is 5.02 Å². The first kappa shape index (κ1) is 16.0. The van der Waals surface area contributed by atoms with Crippen molar-refractivity contribution >= 4 is 40.1 Å². The van der Waals surface area contributed by atoms with Crippen molar-refractivity contribution < 1.29 is 14.0 Å². The zero-order valence-corrected chi connectivity index (χ0v) is 13.5. The van der Waals surface area contributed by atoms with E-state index in [4.69, 9.17) is 16.0 Å². The van der Waals surface area contributed by atoms with E-state index in [0.717, 1.165) is 0 Å². The number of nitrogens with zero attached hydrogens (tertiary/aromatic N) is 1. The molecule has 1 N–H and O–H groups in total. The van der Waals surface area contributed by atoms with Gasteiger partial charge >= 0.3 is 5.76 Å². The molecule has 1 aromatic heterocycles. The minimum Gasteiger partial charge on any atom is -0.408 e. The summed E-state index contributed by atoms with van der Waals surface area (Å²) in [4.78, 5) is 35.3. The lowest BCUT2D eigenvalue weighted by Crippen LogP contribution is -2.24. The molecule has 7 heteroatoms. The number of hydrogen-bond donors (Lipinski definition) is 1. The first-order valence-corrected chi connectivity index (χ1v) is 7.51. The molecule has 0 radical (unpaired) electrons. The highest BCUT2D eigenvalue weighted by molar-refractivity contribution is 6.31. The van der Waals surface area contributed by atoms with Crippen LogP contribution in [0.25, 0.3) is 11.1 Å². The van der Waals surface area contributed by atoms with Crippen molar-refractivity contribution in [1.29, 1.82) is 0 Å². The van der Waals surface area contributed by atoms with E-state index in [1.165, 1.54) is 17.6 Å². The van der Waals surface area contributed by atoms with Gasteiger partial charge in [0, 0.05) is 22.3 Å². The van der Waals surface area contributed by atoms with Crippen LogP contribution in [0.4, 0.5) is 5.69 Å². The second kappa shape index (κ2) is 6.33. The van der Waals surface area contributed by atoms with Gasteiger partial charge in [0.05, 0.1) is 5.52 Å². The van der Waals surface area contributed by atoms with Crippen LogP contribution in [0.15, 0.2) is 51.7 Å². The van der Waals surface area contributed by atoms with E-state index in [9.17, 15) is 14.4 Å². The summed E-state index contributed by atoms with van der Waals surface area (Å²) < 4.78 is 6.31. The standard InChI is InChI=1S/C17H13ClN2O4/c1-10(21)11-2-5-13(6-3-11)19-16(22)9-20-14-7-4-12(18)8-15(14)24-17(20)23/h2-8H,9H2,1H3,(H,19,22). The van der Waals surface area contributed by atoms with Gasteiger partial charge in [0.1, 0.15) is 6.54 Å². The second-order valence-corrected chi connectivity index (χ2v) is 5.68. The number of halogens is 1. The van der Waals surface area contributed by atoms with Gasteiger partial charge in [-0.2, -0.15) is 0 Å². The average molecular weight is 345 g/mol. The number of nitrogens with one attached hydrogen (secondary N) is 1. The van der Waals surface area contributed by atoms with Crippen LogP contribution < -0.4 is 11.1 Å². The molecule has 122 valence electrons. The topological polar surface area (TPSA) is 81.3 Å². The zero-order chi connectivity index (χ0) is 17.3. The maximum absolute atomic E-state index is 12.2. The molecule has 1 amide bonds. The maximum atomic E-state index is 12.2. The summed E-state index contributed by atoms with van der Waals surface area (Å²) in [5.41, 5.74) is 1.91. The molecule has 0 aliphatic rings. The highest BCUT2D eigenvalue weighted by Crippen LogP contribution is 2.18. The Bertz CT molecular complexity index is 986. The third-order valence-electron chi connectivity index (χ3n) is 3.51. The molecule has 1 heterocycles. The number of carbonyl (C=O) groups excluding carboxylic acids is 2. The first-order valence-electron chi connectivity index (χ1n) is 7.14. The van der Waals surface area contributed by atoms with Crippen LogP contribution in [0.5, 0.6) is 0 Å². The van der Waals surface area contributed by atoms with Crippen LogP contribution in [-0.2, 0) is 11.3 Å². The Morgan fingerprint density at radius 3 is 2.54 bits per heavy atom. The Balaban J connectivity index is 1.79. The number of fused-ring (bicyclic) bond motifs is 1. The molecule has 0 atom stereocenters. The van der Waals surface area contributed by atoms with Crippen molar-refractivity contribution in [2.75, 3.05) is 5.32 Å². The third kappa shape index (κ3) is 3.23. The number of Topliss-reactive ketones (excluding diaryl/α,β-unsaturated/α-hetero) is 1. The fourth-order valence-electron chi connectivity index (χ4n) is 2.32. The Kier molecular flexibility index (Phi) is 4.22. The zero-order valence-electron chi connectivity index (χ0n) is 12.7. The highest BCUT2D eigenvalue weighted by Gasteiger charge is 2.13. The predicted octanol–water partition coefficient (Wildman–Crippen LogP) is 3.09. The van der Waals surface area contributed by atoms with Crippen LogP contribution in [0.3, 0.4) is 0 Å². The molecule has 3 aromatic rings. The molecule has 0 saturated heterocycles. The molecule has 0 fully saturated rings. The van der Waals surface area contributed by atoms with E-state index >= 15 is 0 Å². The summed E-state index contributed by atoms with van der Waals surface area (Å²) in [5.74, 6) is -1.07. The number of hydrogen-bond acceptors (Lipinski definition) is 4. The summed E-state index contributed by atoms with van der Waals surface area (Å²) in [7, 11) is 0. The number of oxazole rings is 1. The van der Waals surface area contributed by atoms with Crippen molar-refractivity contribution in [3.8, 4) is 0 Å². The van der Waals surface area contributed by atoms with Gasteiger partial charge in [-0.3, -0.25) is 14.2 Å². The van der Waals surface area contributed by atoms with Crippen LogP contribution in [0, 0.1) is 0 Å². The van der Waals surface area contributed by atoms with Gasteiger partial charge < -0.3 is 9.73 Å². The van der Waals surface area contributed by atoms with Crippen LogP contribution in [-0.4, -0.2) is 16.3 Å². The molecular weight excluding hydrogens is 332 g/mol. The van der Waals surface area contributed by atoms with E-state index < -0.39 is 5.76 Å².